The second-order valence-electron chi connectivity index (χ2n) is 1.87. The highest BCUT2D eigenvalue weighted by atomic mass is 79.9. The van der Waals surface area contributed by atoms with E-state index in [0.717, 1.165) is 14.7 Å². The Morgan fingerprint density at radius 2 is 1.91 bits per heavy atom. The second kappa shape index (κ2) is 4.07. The van der Waals surface area contributed by atoms with Gasteiger partial charge in [-0.15, -0.1) is 0 Å². The van der Waals surface area contributed by atoms with Crippen molar-refractivity contribution in [2.24, 2.45) is 0 Å². The van der Waals surface area contributed by atoms with Crippen LogP contribution in [0, 0.1) is 0 Å². The molecule has 11 heavy (non-hydrogen) atoms. The van der Waals surface area contributed by atoms with Gasteiger partial charge in [0.25, 0.3) is 0 Å². The maximum Gasteiger partial charge on any atom is 0.150 e. The maximum atomic E-state index is 5.33. The van der Waals surface area contributed by atoms with E-state index in [9.17, 15) is 0 Å². The smallest absolute Gasteiger partial charge is 0.150 e. The second-order valence-corrected chi connectivity index (χ2v) is 3.57. The van der Waals surface area contributed by atoms with Crippen molar-refractivity contribution in [1.82, 2.24) is 4.98 Å². The van der Waals surface area contributed by atoms with Crippen molar-refractivity contribution in [3.63, 3.8) is 0 Å². The zero-order valence-corrected chi connectivity index (χ0v) is 9.15. The first-order chi connectivity index (χ1) is 5.25. The molecule has 1 aromatic rings. The molecular formula is C7H7Br2NO. The van der Waals surface area contributed by atoms with E-state index in [-0.39, 0.29) is 0 Å². The van der Waals surface area contributed by atoms with E-state index in [1.54, 1.807) is 12.4 Å². The number of aromatic nitrogens is 1. The fourth-order valence-corrected chi connectivity index (χ4v) is 1.84. The quantitative estimate of drug-likeness (QED) is 0.831. The molecule has 1 heterocycles. The van der Waals surface area contributed by atoms with Crippen LogP contribution >= 0.6 is 31.9 Å². The van der Waals surface area contributed by atoms with Gasteiger partial charge in [0, 0.05) is 12.4 Å². The van der Waals surface area contributed by atoms with Gasteiger partial charge in [0.2, 0.25) is 0 Å². The Hall–Kier alpha value is -0.0900. The molecule has 0 saturated heterocycles. The Bertz CT molecular complexity index is 232. The first-order valence-corrected chi connectivity index (χ1v) is 4.76. The molecule has 60 valence electrons. The average Bonchev–Trinajstić information content (AvgIpc) is 1.97. The van der Waals surface area contributed by atoms with Crippen molar-refractivity contribution in [3.05, 3.63) is 21.3 Å². The van der Waals surface area contributed by atoms with Crippen molar-refractivity contribution < 1.29 is 4.74 Å². The molecule has 4 heteroatoms. The summed E-state index contributed by atoms with van der Waals surface area (Å²) >= 11 is 6.66. The van der Waals surface area contributed by atoms with Crippen LogP contribution in [0.4, 0.5) is 0 Å². The van der Waals surface area contributed by atoms with Gasteiger partial charge in [0.1, 0.15) is 0 Å². The van der Waals surface area contributed by atoms with Crippen molar-refractivity contribution in [2.75, 3.05) is 6.61 Å². The molecule has 1 rings (SSSR count). The summed E-state index contributed by atoms with van der Waals surface area (Å²) in [6.45, 7) is 2.60. The predicted octanol–water partition coefficient (Wildman–Crippen LogP) is 3.01. The summed E-state index contributed by atoms with van der Waals surface area (Å²) in [5.74, 6) is 0.808. The summed E-state index contributed by atoms with van der Waals surface area (Å²) in [6, 6.07) is 0. The lowest BCUT2D eigenvalue weighted by Gasteiger charge is -2.05. The van der Waals surface area contributed by atoms with E-state index >= 15 is 0 Å². The van der Waals surface area contributed by atoms with Gasteiger partial charge < -0.3 is 4.74 Å². The van der Waals surface area contributed by atoms with Crippen LogP contribution in [-0.4, -0.2) is 11.6 Å². The zero-order chi connectivity index (χ0) is 8.27. The Morgan fingerprint density at radius 1 is 1.36 bits per heavy atom. The Morgan fingerprint density at radius 3 is 2.36 bits per heavy atom. The van der Waals surface area contributed by atoms with Gasteiger partial charge in [-0.1, -0.05) is 0 Å². The van der Waals surface area contributed by atoms with E-state index in [1.807, 2.05) is 6.92 Å². The molecule has 0 aliphatic heterocycles. The highest BCUT2D eigenvalue weighted by Gasteiger charge is 2.04. The Kier molecular flexibility index (Phi) is 3.33. The summed E-state index contributed by atoms with van der Waals surface area (Å²) in [6.07, 6.45) is 3.41. The van der Waals surface area contributed by atoms with Gasteiger partial charge in [-0.2, -0.15) is 0 Å². The van der Waals surface area contributed by atoms with Gasteiger partial charge in [0.15, 0.2) is 5.75 Å². The normalized spacial score (nSPS) is 9.73. The first kappa shape index (κ1) is 9.00. The lowest BCUT2D eigenvalue weighted by Crippen LogP contribution is -1.93. The third-order valence-corrected chi connectivity index (χ3v) is 2.23. The van der Waals surface area contributed by atoms with Crippen LogP contribution in [0.15, 0.2) is 21.3 Å². The topological polar surface area (TPSA) is 22.1 Å². The average molecular weight is 281 g/mol. The van der Waals surface area contributed by atoms with Crippen LogP contribution in [0.25, 0.3) is 0 Å². The maximum absolute atomic E-state index is 5.33. The summed E-state index contributed by atoms with van der Waals surface area (Å²) in [5.41, 5.74) is 0. The van der Waals surface area contributed by atoms with Crippen molar-refractivity contribution in [2.45, 2.75) is 6.92 Å². The highest BCUT2D eigenvalue weighted by molar-refractivity contribution is 9.11. The van der Waals surface area contributed by atoms with Gasteiger partial charge >= 0.3 is 0 Å². The molecule has 0 unspecified atom stereocenters. The van der Waals surface area contributed by atoms with Gasteiger partial charge in [-0.3, -0.25) is 4.98 Å². The minimum atomic E-state index is 0.654. The minimum Gasteiger partial charge on any atom is -0.491 e. The minimum absolute atomic E-state index is 0.654. The molecule has 0 saturated carbocycles. The number of nitrogens with zero attached hydrogens (tertiary/aromatic N) is 1. The van der Waals surface area contributed by atoms with Crippen LogP contribution in [0.5, 0.6) is 5.75 Å². The summed E-state index contributed by atoms with van der Waals surface area (Å²) in [5, 5.41) is 0. The van der Waals surface area contributed by atoms with Gasteiger partial charge in [-0.05, 0) is 38.8 Å². The Labute approximate surface area is 82.2 Å². The lowest BCUT2D eigenvalue weighted by atomic mass is 10.4. The van der Waals surface area contributed by atoms with Gasteiger partial charge in [0.05, 0.1) is 15.6 Å². The van der Waals surface area contributed by atoms with Crippen molar-refractivity contribution >= 4 is 31.9 Å². The van der Waals surface area contributed by atoms with Crippen LogP contribution in [-0.2, 0) is 0 Å². The molecule has 0 atom stereocenters. The molecule has 1 aromatic heterocycles. The van der Waals surface area contributed by atoms with Crippen LogP contribution in [0.1, 0.15) is 6.92 Å². The number of halogens is 2. The number of hydrogen-bond acceptors (Lipinski definition) is 2. The molecule has 0 bridgehead atoms. The summed E-state index contributed by atoms with van der Waals surface area (Å²) in [4.78, 5) is 3.95. The summed E-state index contributed by atoms with van der Waals surface area (Å²) < 4.78 is 7.07. The van der Waals surface area contributed by atoms with Gasteiger partial charge in [-0.25, -0.2) is 0 Å². The monoisotopic (exact) mass is 279 g/mol. The van der Waals surface area contributed by atoms with E-state index in [4.69, 9.17) is 4.74 Å². The van der Waals surface area contributed by atoms with Crippen LogP contribution in [0.2, 0.25) is 0 Å². The standard InChI is InChI=1S/C7H7Br2NO/c1-2-11-7-5(8)3-10-4-6(7)9/h3-4H,2H2,1H3. The molecule has 0 fully saturated rings. The molecule has 0 aromatic carbocycles. The molecule has 0 aliphatic rings. The number of hydrogen-bond donors (Lipinski definition) is 0. The first-order valence-electron chi connectivity index (χ1n) is 3.17. The fourth-order valence-electron chi connectivity index (χ4n) is 0.682. The number of rotatable bonds is 2. The van der Waals surface area contributed by atoms with Crippen LogP contribution < -0.4 is 4.74 Å². The van der Waals surface area contributed by atoms with E-state index in [0.29, 0.717) is 6.61 Å². The molecular weight excluding hydrogens is 274 g/mol. The van der Waals surface area contributed by atoms with E-state index in [2.05, 4.69) is 36.8 Å². The molecule has 0 radical (unpaired) electrons. The van der Waals surface area contributed by atoms with Crippen LogP contribution in [0.3, 0.4) is 0 Å². The lowest BCUT2D eigenvalue weighted by molar-refractivity contribution is 0.335. The number of ether oxygens (including phenoxy) is 1. The van der Waals surface area contributed by atoms with E-state index in [1.165, 1.54) is 0 Å². The molecule has 0 aliphatic carbocycles. The molecule has 2 nitrogen and oxygen atoms in total. The summed E-state index contributed by atoms with van der Waals surface area (Å²) in [7, 11) is 0. The fraction of sp³-hybridized carbons (Fsp3) is 0.286. The van der Waals surface area contributed by atoms with E-state index < -0.39 is 0 Å². The van der Waals surface area contributed by atoms with Crippen molar-refractivity contribution in [1.29, 1.82) is 0 Å². The number of pyridine rings is 1. The molecule has 0 spiro atoms. The highest BCUT2D eigenvalue weighted by Crippen LogP contribution is 2.31. The zero-order valence-electron chi connectivity index (χ0n) is 5.97. The SMILES string of the molecule is CCOc1c(Br)cncc1Br. The molecule has 0 amide bonds. The Balaban J connectivity index is 3.00. The third-order valence-electron chi connectivity index (χ3n) is 1.10. The molecule has 0 N–H and O–H groups in total. The van der Waals surface area contributed by atoms with Crippen molar-refractivity contribution in [3.8, 4) is 5.75 Å². The third kappa shape index (κ3) is 2.17. The predicted molar refractivity (Wildman–Crippen MR) is 50.8 cm³/mol. The largest absolute Gasteiger partial charge is 0.491 e.